The van der Waals surface area contributed by atoms with Crippen molar-refractivity contribution >= 4 is 29.3 Å². The highest BCUT2D eigenvalue weighted by Crippen LogP contribution is 2.35. The van der Waals surface area contributed by atoms with E-state index in [0.717, 1.165) is 22.6 Å². The van der Waals surface area contributed by atoms with Crippen LogP contribution in [0.2, 0.25) is 0 Å². The number of carbonyl (C=O) groups excluding carboxylic acids is 2. The molecular formula is C36H33FN6O5S. The molecule has 6 rings (SSSR count). The number of ether oxygens (including phenoxy) is 3. The van der Waals surface area contributed by atoms with E-state index in [1.54, 1.807) is 38.0 Å². The van der Waals surface area contributed by atoms with E-state index >= 15 is 0 Å². The number of halogens is 1. The molecule has 5 aromatic rings. The maximum absolute atomic E-state index is 14.3. The average Bonchev–Trinajstić information content (AvgIpc) is 3.78. The standard InChI is InChI=1S/C36H33FN6O5S/c1-46-25-16-12-23(13-17-25)29-20-31(24-14-18-26(47-2)19-15-24)43(41-29)34(44)22-49-36-40-39-33(42(36)30-10-6-7-11-32(30)48-3)21-38-35(45)27-8-4-5-9-28(27)37/h4-19,31H,20-22H2,1-3H3,(H,38,45)/t31-/m1/s1. The minimum atomic E-state index is -0.631. The van der Waals surface area contributed by atoms with E-state index in [1.807, 2.05) is 66.7 Å². The lowest BCUT2D eigenvalue weighted by molar-refractivity contribution is -0.130. The van der Waals surface area contributed by atoms with Crippen molar-refractivity contribution < 1.29 is 28.2 Å². The Bertz CT molecular complexity index is 1980. The van der Waals surface area contributed by atoms with Crippen LogP contribution >= 0.6 is 11.8 Å². The number of hydrazone groups is 1. The molecule has 1 atom stereocenters. The summed E-state index contributed by atoms with van der Waals surface area (Å²) < 4.78 is 32.3. The fourth-order valence-corrected chi connectivity index (χ4v) is 6.26. The molecule has 0 fully saturated rings. The molecular weight excluding hydrogens is 647 g/mol. The van der Waals surface area contributed by atoms with E-state index in [-0.39, 0.29) is 29.8 Å². The average molecular weight is 681 g/mol. The summed E-state index contributed by atoms with van der Waals surface area (Å²) in [5.74, 6) is 0.854. The smallest absolute Gasteiger partial charge is 0.254 e. The van der Waals surface area contributed by atoms with Gasteiger partial charge in [-0.3, -0.25) is 14.2 Å². The Morgan fingerprint density at radius 3 is 2.22 bits per heavy atom. The number of hydrogen-bond donors (Lipinski definition) is 1. The molecule has 250 valence electrons. The molecule has 0 saturated carbocycles. The summed E-state index contributed by atoms with van der Waals surface area (Å²) in [6, 6.07) is 27.8. The lowest BCUT2D eigenvalue weighted by Gasteiger charge is -2.22. The predicted molar refractivity (Wildman–Crippen MR) is 183 cm³/mol. The predicted octanol–water partition coefficient (Wildman–Crippen LogP) is 5.83. The van der Waals surface area contributed by atoms with Gasteiger partial charge in [-0.15, -0.1) is 10.2 Å². The summed E-state index contributed by atoms with van der Waals surface area (Å²) in [6.07, 6.45) is 0.512. The normalized spacial score (nSPS) is 13.9. The van der Waals surface area contributed by atoms with Crippen LogP contribution in [0, 0.1) is 5.82 Å². The Kier molecular flexibility index (Phi) is 10.2. The van der Waals surface area contributed by atoms with Crippen molar-refractivity contribution in [2.75, 3.05) is 27.1 Å². The second kappa shape index (κ2) is 15.0. The summed E-state index contributed by atoms with van der Waals surface area (Å²) in [5.41, 5.74) is 3.10. The van der Waals surface area contributed by atoms with Gasteiger partial charge in [-0.25, -0.2) is 9.40 Å². The van der Waals surface area contributed by atoms with Crippen LogP contribution in [0.25, 0.3) is 5.69 Å². The number of nitrogens with one attached hydrogen (secondary N) is 1. The maximum Gasteiger partial charge on any atom is 0.254 e. The second-order valence-corrected chi connectivity index (χ2v) is 11.8. The number of nitrogens with zero attached hydrogens (tertiary/aromatic N) is 5. The van der Waals surface area contributed by atoms with Crippen LogP contribution in [0.4, 0.5) is 4.39 Å². The Hall–Kier alpha value is -5.69. The fourth-order valence-electron chi connectivity index (χ4n) is 5.44. The first-order valence-corrected chi connectivity index (χ1v) is 16.3. The number of thioether (sulfide) groups is 1. The Morgan fingerprint density at radius 1 is 0.857 bits per heavy atom. The van der Waals surface area contributed by atoms with Gasteiger partial charge in [-0.05, 0) is 71.8 Å². The maximum atomic E-state index is 14.3. The van der Waals surface area contributed by atoms with Gasteiger partial charge in [-0.1, -0.05) is 48.2 Å². The molecule has 49 heavy (non-hydrogen) atoms. The minimum Gasteiger partial charge on any atom is -0.497 e. The van der Waals surface area contributed by atoms with Gasteiger partial charge < -0.3 is 19.5 Å². The molecule has 2 heterocycles. The summed E-state index contributed by atoms with van der Waals surface area (Å²) in [5, 5.41) is 18.1. The van der Waals surface area contributed by atoms with Gasteiger partial charge in [0.15, 0.2) is 11.0 Å². The van der Waals surface area contributed by atoms with Crippen LogP contribution in [-0.2, 0) is 11.3 Å². The molecule has 1 aliphatic heterocycles. The molecule has 0 radical (unpaired) electrons. The molecule has 0 saturated heterocycles. The number of methoxy groups -OCH3 is 3. The Labute approximate surface area is 286 Å². The van der Waals surface area contributed by atoms with Gasteiger partial charge in [-0.2, -0.15) is 5.10 Å². The second-order valence-electron chi connectivity index (χ2n) is 10.9. The minimum absolute atomic E-state index is 0.0130. The third-order valence-corrected chi connectivity index (χ3v) is 8.88. The van der Waals surface area contributed by atoms with Gasteiger partial charge in [0, 0.05) is 6.42 Å². The third kappa shape index (κ3) is 7.26. The van der Waals surface area contributed by atoms with E-state index in [2.05, 4.69) is 15.5 Å². The third-order valence-electron chi connectivity index (χ3n) is 7.97. The van der Waals surface area contributed by atoms with Crippen molar-refractivity contribution in [3.63, 3.8) is 0 Å². The molecule has 1 N–H and O–H groups in total. The van der Waals surface area contributed by atoms with Crippen LogP contribution in [0.15, 0.2) is 107 Å². The van der Waals surface area contributed by atoms with E-state index in [9.17, 15) is 14.0 Å². The van der Waals surface area contributed by atoms with Crippen LogP contribution in [0.3, 0.4) is 0 Å². The van der Waals surface area contributed by atoms with Crippen molar-refractivity contribution in [3.8, 4) is 22.9 Å². The van der Waals surface area contributed by atoms with Gasteiger partial charge in [0.1, 0.15) is 23.1 Å². The zero-order valence-corrected chi connectivity index (χ0v) is 27.8. The number of carbonyl (C=O) groups is 2. The topological polar surface area (TPSA) is 120 Å². The number of benzene rings is 4. The van der Waals surface area contributed by atoms with Crippen LogP contribution in [0.1, 0.15) is 39.8 Å². The summed E-state index contributed by atoms with van der Waals surface area (Å²) >= 11 is 1.18. The molecule has 11 nitrogen and oxygen atoms in total. The molecule has 4 aromatic carbocycles. The monoisotopic (exact) mass is 680 g/mol. The summed E-state index contributed by atoms with van der Waals surface area (Å²) in [4.78, 5) is 26.8. The zero-order chi connectivity index (χ0) is 34.3. The first kappa shape index (κ1) is 33.2. The van der Waals surface area contributed by atoms with Crippen molar-refractivity contribution in [2.45, 2.75) is 24.2 Å². The van der Waals surface area contributed by atoms with Crippen molar-refractivity contribution in [3.05, 3.63) is 125 Å². The van der Waals surface area contributed by atoms with Gasteiger partial charge in [0.2, 0.25) is 0 Å². The quantitative estimate of drug-likeness (QED) is 0.164. The van der Waals surface area contributed by atoms with E-state index < -0.39 is 11.7 Å². The zero-order valence-electron chi connectivity index (χ0n) is 27.0. The van der Waals surface area contributed by atoms with Gasteiger partial charge >= 0.3 is 0 Å². The summed E-state index contributed by atoms with van der Waals surface area (Å²) in [7, 11) is 4.76. The molecule has 0 bridgehead atoms. The Morgan fingerprint density at radius 2 is 1.53 bits per heavy atom. The van der Waals surface area contributed by atoms with Gasteiger partial charge in [0.25, 0.3) is 11.8 Å². The largest absolute Gasteiger partial charge is 0.497 e. The molecule has 13 heteroatoms. The van der Waals surface area contributed by atoms with Gasteiger partial charge in [0.05, 0.1) is 56.6 Å². The van der Waals surface area contributed by atoms with Crippen LogP contribution in [0.5, 0.6) is 17.2 Å². The first-order valence-electron chi connectivity index (χ1n) is 15.3. The Balaban J connectivity index is 1.27. The number of amides is 2. The molecule has 0 unspecified atom stereocenters. The SMILES string of the molecule is COc1ccc(C2=NN(C(=O)CSc3nnc(CNC(=O)c4ccccc4F)n3-c3ccccc3OC)[C@@H](c3ccc(OC)cc3)C2)cc1. The molecule has 1 aliphatic rings. The van der Waals surface area contributed by atoms with Crippen molar-refractivity contribution in [2.24, 2.45) is 5.10 Å². The van der Waals surface area contributed by atoms with Crippen LogP contribution in [-0.4, -0.2) is 64.4 Å². The number of aromatic nitrogens is 3. The highest BCUT2D eigenvalue weighted by atomic mass is 32.2. The highest BCUT2D eigenvalue weighted by Gasteiger charge is 2.33. The van der Waals surface area contributed by atoms with Crippen LogP contribution < -0.4 is 19.5 Å². The molecule has 0 spiro atoms. The fraction of sp³-hybridized carbons (Fsp3) is 0.194. The number of rotatable bonds is 12. The number of hydrogen-bond acceptors (Lipinski definition) is 9. The molecule has 0 aliphatic carbocycles. The van der Waals surface area contributed by atoms with E-state index in [1.165, 1.54) is 35.0 Å². The lowest BCUT2D eigenvalue weighted by atomic mass is 9.98. The van der Waals surface area contributed by atoms with E-state index in [4.69, 9.17) is 19.3 Å². The van der Waals surface area contributed by atoms with Crippen molar-refractivity contribution in [1.29, 1.82) is 0 Å². The lowest BCUT2D eigenvalue weighted by Crippen LogP contribution is -2.28. The van der Waals surface area contributed by atoms with E-state index in [0.29, 0.717) is 34.6 Å². The molecule has 2 amide bonds. The van der Waals surface area contributed by atoms with Crippen molar-refractivity contribution in [1.82, 2.24) is 25.1 Å². The highest BCUT2D eigenvalue weighted by molar-refractivity contribution is 7.99. The number of para-hydroxylation sites is 2. The molecule has 1 aromatic heterocycles. The first-order chi connectivity index (χ1) is 23.9. The summed E-state index contributed by atoms with van der Waals surface area (Å²) in [6.45, 7) is -0.0616.